The van der Waals surface area contributed by atoms with E-state index in [9.17, 15) is 9.59 Å². The van der Waals surface area contributed by atoms with Gasteiger partial charge in [-0.1, -0.05) is 12.1 Å². The second-order valence-corrected chi connectivity index (χ2v) is 7.61. The van der Waals surface area contributed by atoms with Crippen LogP contribution < -0.4 is 20.5 Å². The number of ether oxygens (including phenoxy) is 2. The van der Waals surface area contributed by atoms with E-state index < -0.39 is 0 Å². The van der Waals surface area contributed by atoms with Crippen LogP contribution in [0.5, 0.6) is 11.5 Å². The molecule has 1 amide bonds. The lowest BCUT2D eigenvalue weighted by Gasteiger charge is -2.08. The lowest BCUT2D eigenvalue weighted by atomic mass is 10.1. The topological polar surface area (TPSA) is 87.4 Å². The number of aromatic nitrogens is 3. The van der Waals surface area contributed by atoms with Crippen molar-refractivity contribution in [1.82, 2.24) is 14.1 Å². The highest BCUT2D eigenvalue weighted by Crippen LogP contribution is 2.35. The maximum absolute atomic E-state index is 12.7. The Balaban J connectivity index is 1.57. The van der Waals surface area contributed by atoms with Crippen LogP contribution in [0, 0.1) is 0 Å². The summed E-state index contributed by atoms with van der Waals surface area (Å²) in [5.41, 5.74) is 2.76. The SMILES string of the molecule is CCn1c(=O)n(CC(=O)Nc2nc(-c3cc(OC)ccc3OC)cs2)c2ccccc21. The van der Waals surface area contributed by atoms with Gasteiger partial charge in [0.15, 0.2) is 5.13 Å². The summed E-state index contributed by atoms with van der Waals surface area (Å²) in [6.45, 7) is 2.35. The highest BCUT2D eigenvalue weighted by atomic mass is 32.1. The van der Waals surface area contributed by atoms with Crippen LogP contribution in [0.4, 0.5) is 5.13 Å². The molecule has 0 spiro atoms. The first-order chi connectivity index (χ1) is 15.0. The summed E-state index contributed by atoms with van der Waals surface area (Å²) in [6, 6.07) is 12.9. The number of aryl methyl sites for hydroxylation is 1. The second-order valence-electron chi connectivity index (χ2n) is 6.75. The fourth-order valence-electron chi connectivity index (χ4n) is 3.50. The Hall–Kier alpha value is -3.59. The van der Waals surface area contributed by atoms with Crippen LogP contribution in [0.1, 0.15) is 6.92 Å². The van der Waals surface area contributed by atoms with Gasteiger partial charge in [-0.3, -0.25) is 13.9 Å². The minimum Gasteiger partial charge on any atom is -0.497 e. The first-order valence-electron chi connectivity index (χ1n) is 9.71. The fourth-order valence-corrected chi connectivity index (χ4v) is 4.23. The van der Waals surface area contributed by atoms with E-state index in [2.05, 4.69) is 10.3 Å². The van der Waals surface area contributed by atoms with E-state index in [1.54, 1.807) is 18.8 Å². The average Bonchev–Trinajstić information content (AvgIpc) is 3.35. The zero-order valence-electron chi connectivity index (χ0n) is 17.4. The minimum atomic E-state index is -0.320. The Labute approximate surface area is 182 Å². The van der Waals surface area contributed by atoms with Crippen molar-refractivity contribution in [3.8, 4) is 22.8 Å². The molecular weight excluding hydrogens is 416 g/mol. The summed E-state index contributed by atoms with van der Waals surface area (Å²) in [6.07, 6.45) is 0. The van der Waals surface area contributed by atoms with E-state index in [-0.39, 0.29) is 18.1 Å². The summed E-state index contributed by atoms with van der Waals surface area (Å²) in [4.78, 5) is 29.9. The van der Waals surface area contributed by atoms with Crippen LogP contribution >= 0.6 is 11.3 Å². The van der Waals surface area contributed by atoms with Gasteiger partial charge < -0.3 is 14.8 Å². The number of amides is 1. The van der Waals surface area contributed by atoms with Crippen molar-refractivity contribution in [2.24, 2.45) is 0 Å². The number of rotatable bonds is 7. The Bertz CT molecular complexity index is 1300. The maximum Gasteiger partial charge on any atom is 0.329 e. The molecule has 0 radical (unpaired) electrons. The Morgan fingerprint density at radius 3 is 2.52 bits per heavy atom. The normalized spacial score (nSPS) is 10.9. The third-order valence-corrected chi connectivity index (χ3v) is 5.73. The predicted octanol–water partition coefficient (Wildman–Crippen LogP) is 3.60. The molecule has 0 fully saturated rings. The lowest BCUT2D eigenvalue weighted by molar-refractivity contribution is -0.116. The zero-order valence-corrected chi connectivity index (χ0v) is 18.2. The van der Waals surface area contributed by atoms with Gasteiger partial charge in [-0.05, 0) is 37.3 Å². The minimum absolute atomic E-state index is 0.0935. The standard InChI is InChI=1S/C22H22N4O4S/c1-4-25-17-7-5-6-8-18(17)26(22(25)28)12-20(27)24-21-23-16(13-31-21)15-11-14(29-2)9-10-19(15)30-3/h5-11,13H,4,12H2,1-3H3,(H,23,24,27). The first kappa shape index (κ1) is 20.7. The first-order valence-corrected chi connectivity index (χ1v) is 10.6. The van der Waals surface area contributed by atoms with Gasteiger partial charge in [0.1, 0.15) is 18.0 Å². The van der Waals surface area contributed by atoms with E-state index in [1.165, 1.54) is 15.9 Å². The van der Waals surface area contributed by atoms with E-state index in [0.717, 1.165) is 16.6 Å². The lowest BCUT2D eigenvalue weighted by Crippen LogP contribution is -2.29. The molecule has 0 unspecified atom stereocenters. The monoisotopic (exact) mass is 438 g/mol. The summed E-state index contributed by atoms with van der Waals surface area (Å²) in [7, 11) is 3.18. The molecule has 9 heteroatoms. The van der Waals surface area contributed by atoms with Crippen LogP contribution in [-0.2, 0) is 17.9 Å². The van der Waals surface area contributed by atoms with Gasteiger partial charge in [0.25, 0.3) is 0 Å². The molecule has 0 atom stereocenters. The van der Waals surface area contributed by atoms with E-state index in [4.69, 9.17) is 9.47 Å². The van der Waals surface area contributed by atoms with E-state index >= 15 is 0 Å². The number of carbonyl (C=O) groups is 1. The molecular formula is C22H22N4O4S. The number of anilines is 1. The third-order valence-electron chi connectivity index (χ3n) is 4.98. The third kappa shape index (κ3) is 3.91. The molecule has 1 N–H and O–H groups in total. The number of thiazole rings is 1. The average molecular weight is 439 g/mol. The van der Waals surface area contributed by atoms with Gasteiger partial charge in [-0.2, -0.15) is 0 Å². The van der Waals surface area contributed by atoms with Crippen LogP contribution in [0.15, 0.2) is 52.6 Å². The molecule has 0 saturated heterocycles. The van der Waals surface area contributed by atoms with Gasteiger partial charge in [-0.15, -0.1) is 11.3 Å². The van der Waals surface area contributed by atoms with Crippen LogP contribution in [-0.4, -0.2) is 34.2 Å². The molecule has 2 heterocycles. The molecule has 4 aromatic rings. The van der Waals surface area contributed by atoms with Gasteiger partial charge >= 0.3 is 5.69 Å². The maximum atomic E-state index is 12.7. The molecule has 0 aliphatic heterocycles. The molecule has 0 bridgehead atoms. The Kier molecular flexibility index (Phi) is 5.77. The second kappa shape index (κ2) is 8.65. The number of nitrogens with one attached hydrogen (secondary N) is 1. The molecule has 0 saturated carbocycles. The molecule has 2 aromatic heterocycles. The number of methoxy groups -OCH3 is 2. The van der Waals surface area contributed by atoms with Crippen LogP contribution in [0.2, 0.25) is 0 Å². The summed E-state index contributed by atoms with van der Waals surface area (Å²) < 4.78 is 13.8. The summed E-state index contributed by atoms with van der Waals surface area (Å²) in [5.74, 6) is 1.02. The number of hydrogen-bond acceptors (Lipinski definition) is 6. The van der Waals surface area contributed by atoms with Crippen LogP contribution in [0.3, 0.4) is 0 Å². The van der Waals surface area contributed by atoms with E-state index in [1.807, 2.05) is 54.8 Å². The largest absolute Gasteiger partial charge is 0.497 e. The number of hydrogen-bond donors (Lipinski definition) is 1. The predicted molar refractivity (Wildman–Crippen MR) is 121 cm³/mol. The smallest absolute Gasteiger partial charge is 0.329 e. The number of benzene rings is 2. The highest BCUT2D eigenvalue weighted by Gasteiger charge is 2.16. The van der Waals surface area contributed by atoms with Crippen molar-refractivity contribution >= 4 is 33.4 Å². The van der Waals surface area contributed by atoms with E-state index in [0.29, 0.717) is 28.9 Å². The molecule has 0 aliphatic rings. The van der Waals surface area contributed by atoms with Gasteiger partial charge in [0.05, 0.1) is 30.9 Å². The van der Waals surface area contributed by atoms with Gasteiger partial charge in [-0.25, -0.2) is 9.78 Å². The summed E-state index contributed by atoms with van der Waals surface area (Å²) in [5, 5.41) is 5.07. The molecule has 8 nitrogen and oxygen atoms in total. The molecule has 31 heavy (non-hydrogen) atoms. The quantitative estimate of drug-likeness (QED) is 0.476. The Morgan fingerprint density at radius 2 is 1.84 bits per heavy atom. The van der Waals surface area contributed by atoms with Crippen molar-refractivity contribution in [3.05, 3.63) is 58.3 Å². The van der Waals surface area contributed by atoms with Crippen molar-refractivity contribution in [1.29, 1.82) is 0 Å². The van der Waals surface area contributed by atoms with Gasteiger partial charge in [0, 0.05) is 17.5 Å². The molecule has 4 rings (SSSR count). The fraction of sp³-hybridized carbons (Fsp3) is 0.227. The Morgan fingerprint density at radius 1 is 1.10 bits per heavy atom. The number of carbonyl (C=O) groups excluding carboxylic acids is 1. The highest BCUT2D eigenvalue weighted by molar-refractivity contribution is 7.14. The number of nitrogens with zero attached hydrogens (tertiary/aromatic N) is 3. The summed E-state index contributed by atoms with van der Waals surface area (Å²) >= 11 is 1.30. The molecule has 160 valence electrons. The van der Waals surface area contributed by atoms with Crippen molar-refractivity contribution in [2.75, 3.05) is 19.5 Å². The molecule has 2 aromatic carbocycles. The van der Waals surface area contributed by atoms with Crippen molar-refractivity contribution in [3.63, 3.8) is 0 Å². The van der Waals surface area contributed by atoms with Crippen molar-refractivity contribution in [2.45, 2.75) is 20.0 Å². The number of imidazole rings is 1. The molecule has 0 aliphatic carbocycles. The zero-order chi connectivity index (χ0) is 22.0. The number of para-hydroxylation sites is 2. The number of fused-ring (bicyclic) bond motifs is 1. The van der Waals surface area contributed by atoms with Gasteiger partial charge in [0.2, 0.25) is 5.91 Å². The van der Waals surface area contributed by atoms with Crippen molar-refractivity contribution < 1.29 is 14.3 Å². The van der Waals surface area contributed by atoms with Crippen LogP contribution in [0.25, 0.3) is 22.3 Å².